The summed E-state index contributed by atoms with van der Waals surface area (Å²) < 4.78 is 6.31. The average molecular weight is 361 g/mol. The van der Waals surface area contributed by atoms with Crippen LogP contribution in [0.2, 0.25) is 0 Å². The third-order valence-electron chi connectivity index (χ3n) is 6.26. The first kappa shape index (κ1) is 16.9. The van der Waals surface area contributed by atoms with Crippen LogP contribution in [-0.2, 0) is 19.3 Å². The Morgan fingerprint density at radius 1 is 0.963 bits per heavy atom. The van der Waals surface area contributed by atoms with Crippen molar-refractivity contribution in [1.29, 1.82) is 0 Å². The quantitative estimate of drug-likeness (QED) is 0.705. The number of ether oxygens (including phenoxy) is 1. The number of aromatic nitrogens is 1. The zero-order valence-electron chi connectivity index (χ0n) is 15.9. The predicted octanol–water partition coefficient (Wildman–Crippen LogP) is 4.75. The maximum atomic E-state index is 6.31. The molecule has 1 unspecified atom stereocenters. The number of aryl methyl sites for hydroxylation is 1. The molecule has 2 aliphatic rings. The van der Waals surface area contributed by atoms with Crippen LogP contribution in [0.3, 0.4) is 0 Å². The Hall–Kier alpha value is -2.26. The topological polar surface area (TPSA) is 37.0 Å². The number of hydrogen-bond donors (Lipinski definition) is 2. The van der Waals surface area contributed by atoms with Crippen molar-refractivity contribution in [2.75, 3.05) is 19.7 Å². The molecule has 1 aliphatic carbocycles. The largest absolute Gasteiger partial charge is 0.493 e. The number of benzene rings is 2. The Bertz CT molecular complexity index is 943. The minimum atomic E-state index is 0.498. The van der Waals surface area contributed by atoms with Crippen LogP contribution in [0.1, 0.15) is 47.6 Å². The molecule has 0 amide bonds. The van der Waals surface area contributed by atoms with Gasteiger partial charge in [0, 0.05) is 42.0 Å². The monoisotopic (exact) mass is 360 g/mol. The van der Waals surface area contributed by atoms with Gasteiger partial charge in [0.1, 0.15) is 5.75 Å². The van der Waals surface area contributed by atoms with Gasteiger partial charge in [0.2, 0.25) is 0 Å². The van der Waals surface area contributed by atoms with Crippen molar-refractivity contribution < 1.29 is 4.74 Å². The Labute approximate surface area is 161 Å². The summed E-state index contributed by atoms with van der Waals surface area (Å²) in [7, 11) is 0. The highest BCUT2D eigenvalue weighted by Crippen LogP contribution is 2.34. The SMILES string of the molecule is c1cc2c(c(OCCC3CNCCc4[nH]c5ccccc5c43)c1)CCCC2. The molecule has 0 bridgehead atoms. The smallest absolute Gasteiger partial charge is 0.122 e. The average Bonchev–Trinajstić information content (AvgIpc) is 2.96. The van der Waals surface area contributed by atoms with Gasteiger partial charge in [-0.05, 0) is 60.9 Å². The lowest BCUT2D eigenvalue weighted by Gasteiger charge is -2.21. The van der Waals surface area contributed by atoms with Gasteiger partial charge >= 0.3 is 0 Å². The number of nitrogens with one attached hydrogen (secondary N) is 2. The van der Waals surface area contributed by atoms with E-state index in [1.165, 1.54) is 59.0 Å². The zero-order valence-corrected chi connectivity index (χ0v) is 15.9. The third-order valence-corrected chi connectivity index (χ3v) is 6.26. The molecular weight excluding hydrogens is 332 g/mol. The van der Waals surface area contributed by atoms with E-state index in [-0.39, 0.29) is 0 Å². The molecule has 140 valence electrons. The molecule has 1 aliphatic heterocycles. The lowest BCUT2D eigenvalue weighted by Crippen LogP contribution is -2.21. The number of para-hydroxylation sites is 1. The van der Waals surface area contributed by atoms with Crippen molar-refractivity contribution >= 4 is 10.9 Å². The second-order valence-electron chi connectivity index (χ2n) is 7.95. The first-order valence-corrected chi connectivity index (χ1v) is 10.4. The van der Waals surface area contributed by atoms with Crippen LogP contribution < -0.4 is 10.1 Å². The molecule has 2 aromatic carbocycles. The van der Waals surface area contributed by atoms with Crippen molar-refractivity contribution in [3.8, 4) is 5.75 Å². The maximum Gasteiger partial charge on any atom is 0.122 e. The minimum Gasteiger partial charge on any atom is -0.493 e. The van der Waals surface area contributed by atoms with Gasteiger partial charge in [-0.3, -0.25) is 0 Å². The van der Waals surface area contributed by atoms with E-state index >= 15 is 0 Å². The lowest BCUT2D eigenvalue weighted by atomic mass is 9.91. The van der Waals surface area contributed by atoms with Crippen molar-refractivity contribution in [2.45, 2.75) is 44.4 Å². The van der Waals surface area contributed by atoms with E-state index in [0.29, 0.717) is 5.92 Å². The van der Waals surface area contributed by atoms with Crippen molar-refractivity contribution in [3.05, 3.63) is 64.8 Å². The molecule has 1 aromatic heterocycles. The van der Waals surface area contributed by atoms with E-state index in [4.69, 9.17) is 4.74 Å². The van der Waals surface area contributed by atoms with Crippen LogP contribution in [0.25, 0.3) is 10.9 Å². The van der Waals surface area contributed by atoms with E-state index in [1.807, 2.05) is 0 Å². The maximum absolute atomic E-state index is 6.31. The molecule has 2 N–H and O–H groups in total. The Balaban J connectivity index is 1.35. The lowest BCUT2D eigenvalue weighted by molar-refractivity contribution is 0.292. The normalized spacial score (nSPS) is 19.3. The predicted molar refractivity (Wildman–Crippen MR) is 111 cm³/mol. The summed E-state index contributed by atoms with van der Waals surface area (Å²) in [6.45, 7) is 2.86. The van der Waals surface area contributed by atoms with Crippen LogP contribution >= 0.6 is 0 Å². The molecule has 3 aromatic rings. The first-order chi connectivity index (χ1) is 13.4. The van der Waals surface area contributed by atoms with Crippen LogP contribution in [0.5, 0.6) is 5.75 Å². The summed E-state index contributed by atoms with van der Waals surface area (Å²) in [4.78, 5) is 3.65. The molecule has 1 atom stereocenters. The summed E-state index contributed by atoms with van der Waals surface area (Å²) in [5, 5.41) is 5.01. The molecule has 27 heavy (non-hydrogen) atoms. The molecule has 3 nitrogen and oxygen atoms in total. The van der Waals surface area contributed by atoms with Crippen molar-refractivity contribution in [1.82, 2.24) is 10.3 Å². The van der Waals surface area contributed by atoms with E-state index in [9.17, 15) is 0 Å². The Morgan fingerprint density at radius 2 is 1.89 bits per heavy atom. The summed E-state index contributed by atoms with van der Waals surface area (Å²) in [5.41, 5.74) is 7.13. The summed E-state index contributed by atoms with van der Waals surface area (Å²) in [5.74, 6) is 1.62. The highest BCUT2D eigenvalue weighted by atomic mass is 16.5. The number of fused-ring (bicyclic) bond motifs is 4. The molecular formula is C24H28N2O. The number of rotatable bonds is 4. The van der Waals surface area contributed by atoms with Crippen molar-refractivity contribution in [2.24, 2.45) is 0 Å². The van der Waals surface area contributed by atoms with E-state index in [1.54, 1.807) is 0 Å². The number of aromatic amines is 1. The molecule has 2 heterocycles. The molecule has 0 spiro atoms. The second kappa shape index (κ2) is 7.40. The molecule has 0 fully saturated rings. The molecule has 3 heteroatoms. The fraction of sp³-hybridized carbons (Fsp3) is 0.417. The number of H-pyrrole nitrogens is 1. The fourth-order valence-corrected chi connectivity index (χ4v) is 4.91. The first-order valence-electron chi connectivity index (χ1n) is 10.4. The Morgan fingerprint density at radius 3 is 2.89 bits per heavy atom. The standard InChI is InChI=1S/C24H28N2O/c1-2-8-19-17(6-1)7-5-11-23(19)27-15-13-18-16-25-14-12-22-24(18)20-9-3-4-10-21(20)26-22/h3-5,7,9-11,18,25-26H,1-2,6,8,12-16H2. The van der Waals surface area contributed by atoms with Gasteiger partial charge in [0.05, 0.1) is 6.61 Å². The third kappa shape index (κ3) is 3.25. The van der Waals surface area contributed by atoms with Crippen molar-refractivity contribution in [3.63, 3.8) is 0 Å². The van der Waals surface area contributed by atoms with Gasteiger partial charge in [-0.1, -0.05) is 30.3 Å². The molecule has 5 rings (SSSR count). The molecule has 0 saturated carbocycles. The van der Waals surface area contributed by atoms with Gasteiger partial charge in [0.15, 0.2) is 0 Å². The van der Waals surface area contributed by atoms with Gasteiger partial charge in [-0.2, -0.15) is 0 Å². The summed E-state index contributed by atoms with van der Waals surface area (Å²) in [6.07, 6.45) is 7.10. The van der Waals surface area contributed by atoms with E-state index < -0.39 is 0 Å². The highest BCUT2D eigenvalue weighted by molar-refractivity contribution is 5.85. The summed E-state index contributed by atoms with van der Waals surface area (Å²) in [6, 6.07) is 15.3. The van der Waals surface area contributed by atoms with Gasteiger partial charge in [0.25, 0.3) is 0 Å². The highest BCUT2D eigenvalue weighted by Gasteiger charge is 2.23. The molecule has 0 saturated heterocycles. The van der Waals surface area contributed by atoms with Gasteiger partial charge in [-0.25, -0.2) is 0 Å². The minimum absolute atomic E-state index is 0.498. The van der Waals surface area contributed by atoms with Crippen LogP contribution in [0, 0.1) is 0 Å². The van der Waals surface area contributed by atoms with E-state index in [2.05, 4.69) is 52.8 Å². The van der Waals surface area contributed by atoms with Gasteiger partial charge < -0.3 is 15.0 Å². The van der Waals surface area contributed by atoms with Crippen LogP contribution in [0.4, 0.5) is 0 Å². The van der Waals surface area contributed by atoms with Crippen LogP contribution in [-0.4, -0.2) is 24.7 Å². The zero-order chi connectivity index (χ0) is 18.1. The fourth-order valence-electron chi connectivity index (χ4n) is 4.91. The van der Waals surface area contributed by atoms with Gasteiger partial charge in [-0.15, -0.1) is 0 Å². The Kier molecular flexibility index (Phi) is 4.62. The number of hydrogen-bond acceptors (Lipinski definition) is 2. The second-order valence-corrected chi connectivity index (χ2v) is 7.95. The van der Waals surface area contributed by atoms with E-state index in [0.717, 1.165) is 38.3 Å². The summed E-state index contributed by atoms with van der Waals surface area (Å²) >= 11 is 0. The molecule has 0 radical (unpaired) electrons. The van der Waals surface area contributed by atoms with Crippen LogP contribution in [0.15, 0.2) is 42.5 Å².